The highest BCUT2D eigenvalue weighted by Crippen LogP contribution is 2.47. The second kappa shape index (κ2) is 5.38. The average molecular weight is 271 g/mol. The first-order valence-corrected chi connectivity index (χ1v) is 7.61. The largest absolute Gasteiger partial charge is 0.409 e. The van der Waals surface area contributed by atoms with Crippen molar-refractivity contribution >= 4 is 23.5 Å². The molecule has 0 spiro atoms. The Bertz CT molecular complexity index is 345. The van der Waals surface area contributed by atoms with Gasteiger partial charge in [-0.25, -0.2) is 0 Å². The lowest BCUT2D eigenvalue weighted by Crippen LogP contribution is -2.58. The molecule has 1 amide bonds. The van der Waals surface area contributed by atoms with Gasteiger partial charge in [-0.1, -0.05) is 12.1 Å². The van der Waals surface area contributed by atoms with E-state index in [9.17, 15) is 4.79 Å². The van der Waals surface area contributed by atoms with Crippen LogP contribution in [0.5, 0.6) is 0 Å². The Balaban J connectivity index is 2.13. The molecule has 18 heavy (non-hydrogen) atoms. The highest BCUT2D eigenvalue weighted by molar-refractivity contribution is 7.99. The van der Waals surface area contributed by atoms with Gasteiger partial charge in [-0.3, -0.25) is 4.79 Å². The molecular formula is C12H21N3O2S. The van der Waals surface area contributed by atoms with Gasteiger partial charge in [-0.05, 0) is 30.9 Å². The Morgan fingerprint density at radius 1 is 1.44 bits per heavy atom. The third-order valence-electron chi connectivity index (χ3n) is 3.91. The van der Waals surface area contributed by atoms with Crippen molar-refractivity contribution < 1.29 is 10.0 Å². The zero-order valence-corrected chi connectivity index (χ0v) is 11.6. The minimum Gasteiger partial charge on any atom is -0.409 e. The standard InChI is InChI=1S/C12H21N3O2S/c1-9-7-12(8-9,10(13)14-17)11(16)15-3-2-5-18-6-4-15/h9,17H,2-8H2,1H3,(H2,13,14). The predicted octanol–water partition coefficient (Wildman–Crippen LogP) is 1.11. The van der Waals surface area contributed by atoms with Gasteiger partial charge in [0.15, 0.2) is 5.84 Å². The zero-order chi connectivity index (χ0) is 13.2. The molecule has 2 rings (SSSR count). The molecule has 1 saturated carbocycles. The topological polar surface area (TPSA) is 78.9 Å². The maximum Gasteiger partial charge on any atom is 0.236 e. The van der Waals surface area contributed by atoms with Crippen molar-refractivity contribution in [1.29, 1.82) is 0 Å². The molecule has 1 aliphatic carbocycles. The summed E-state index contributed by atoms with van der Waals surface area (Å²) in [7, 11) is 0. The second-order valence-corrected chi connectivity index (χ2v) is 6.56. The summed E-state index contributed by atoms with van der Waals surface area (Å²) in [4.78, 5) is 14.5. The predicted molar refractivity (Wildman–Crippen MR) is 72.8 cm³/mol. The number of carbonyl (C=O) groups is 1. The number of amides is 1. The lowest BCUT2D eigenvalue weighted by atomic mass is 9.61. The summed E-state index contributed by atoms with van der Waals surface area (Å²) in [6.07, 6.45) is 2.43. The molecule has 0 aromatic heterocycles. The van der Waals surface area contributed by atoms with Crippen molar-refractivity contribution in [3.05, 3.63) is 0 Å². The van der Waals surface area contributed by atoms with Crippen LogP contribution < -0.4 is 5.73 Å². The van der Waals surface area contributed by atoms with Gasteiger partial charge in [0.2, 0.25) is 5.91 Å². The number of nitrogens with zero attached hydrogens (tertiary/aromatic N) is 2. The fourth-order valence-electron chi connectivity index (χ4n) is 2.97. The number of rotatable bonds is 2. The van der Waals surface area contributed by atoms with E-state index in [0.717, 1.165) is 31.0 Å². The van der Waals surface area contributed by atoms with Crippen LogP contribution in [0.1, 0.15) is 26.2 Å². The maximum atomic E-state index is 12.6. The van der Waals surface area contributed by atoms with Crippen molar-refractivity contribution in [2.75, 3.05) is 24.6 Å². The summed E-state index contributed by atoms with van der Waals surface area (Å²) in [6, 6.07) is 0. The van der Waals surface area contributed by atoms with Crippen LogP contribution >= 0.6 is 11.8 Å². The maximum absolute atomic E-state index is 12.6. The normalized spacial score (nSPS) is 33.7. The van der Waals surface area contributed by atoms with Crippen LogP contribution in [0.2, 0.25) is 0 Å². The molecule has 0 bridgehead atoms. The van der Waals surface area contributed by atoms with Gasteiger partial charge >= 0.3 is 0 Å². The summed E-state index contributed by atoms with van der Waals surface area (Å²) >= 11 is 1.88. The zero-order valence-electron chi connectivity index (χ0n) is 10.8. The number of amidine groups is 1. The van der Waals surface area contributed by atoms with Crippen LogP contribution in [0, 0.1) is 11.3 Å². The Morgan fingerprint density at radius 2 is 2.17 bits per heavy atom. The molecule has 0 atom stereocenters. The lowest BCUT2D eigenvalue weighted by Gasteiger charge is -2.46. The molecular weight excluding hydrogens is 250 g/mol. The highest BCUT2D eigenvalue weighted by Gasteiger charge is 2.53. The van der Waals surface area contributed by atoms with Crippen molar-refractivity contribution in [2.24, 2.45) is 22.2 Å². The van der Waals surface area contributed by atoms with Crippen LogP contribution in [0.25, 0.3) is 0 Å². The van der Waals surface area contributed by atoms with E-state index >= 15 is 0 Å². The van der Waals surface area contributed by atoms with Crippen LogP contribution in [0.3, 0.4) is 0 Å². The van der Waals surface area contributed by atoms with Crippen molar-refractivity contribution in [3.63, 3.8) is 0 Å². The lowest BCUT2D eigenvalue weighted by molar-refractivity contribution is -0.144. The van der Waals surface area contributed by atoms with Crippen LogP contribution in [0.15, 0.2) is 5.16 Å². The van der Waals surface area contributed by atoms with E-state index in [2.05, 4.69) is 12.1 Å². The van der Waals surface area contributed by atoms with Gasteiger partial charge in [0, 0.05) is 18.8 Å². The molecule has 3 N–H and O–H groups in total. The monoisotopic (exact) mass is 271 g/mol. The molecule has 0 radical (unpaired) electrons. The minimum absolute atomic E-state index is 0.0541. The first-order valence-electron chi connectivity index (χ1n) is 6.45. The summed E-state index contributed by atoms with van der Waals surface area (Å²) in [5.74, 6) is 2.70. The van der Waals surface area contributed by atoms with Gasteiger partial charge in [0.25, 0.3) is 0 Å². The van der Waals surface area contributed by atoms with E-state index in [4.69, 9.17) is 10.9 Å². The van der Waals surface area contributed by atoms with E-state index < -0.39 is 5.41 Å². The van der Waals surface area contributed by atoms with E-state index in [-0.39, 0.29) is 11.7 Å². The molecule has 0 aromatic rings. The number of hydrogen-bond acceptors (Lipinski definition) is 4. The molecule has 2 aliphatic rings. The van der Waals surface area contributed by atoms with Gasteiger partial charge in [-0.15, -0.1) is 0 Å². The molecule has 0 unspecified atom stereocenters. The molecule has 1 saturated heterocycles. The fraction of sp³-hybridized carbons (Fsp3) is 0.833. The minimum atomic E-state index is -0.733. The fourth-order valence-corrected chi connectivity index (χ4v) is 3.86. The number of carbonyl (C=O) groups excluding carboxylic acids is 1. The van der Waals surface area contributed by atoms with Crippen LogP contribution in [-0.4, -0.2) is 46.4 Å². The number of thioether (sulfide) groups is 1. The molecule has 2 fully saturated rings. The highest BCUT2D eigenvalue weighted by atomic mass is 32.2. The molecule has 1 aliphatic heterocycles. The van der Waals surface area contributed by atoms with E-state index in [1.165, 1.54) is 0 Å². The molecule has 5 nitrogen and oxygen atoms in total. The van der Waals surface area contributed by atoms with E-state index in [0.29, 0.717) is 18.8 Å². The molecule has 6 heteroatoms. The third-order valence-corrected chi connectivity index (χ3v) is 4.96. The van der Waals surface area contributed by atoms with Gasteiger partial charge in [-0.2, -0.15) is 11.8 Å². The van der Waals surface area contributed by atoms with Crippen molar-refractivity contribution in [1.82, 2.24) is 4.90 Å². The van der Waals surface area contributed by atoms with E-state index in [1.54, 1.807) is 0 Å². The van der Waals surface area contributed by atoms with Crippen molar-refractivity contribution in [3.8, 4) is 0 Å². The first kappa shape index (κ1) is 13.5. The summed E-state index contributed by atoms with van der Waals surface area (Å²) in [6.45, 7) is 3.66. The van der Waals surface area contributed by atoms with Gasteiger partial charge in [0.1, 0.15) is 5.41 Å². The Labute approximate surface area is 112 Å². The van der Waals surface area contributed by atoms with Gasteiger partial charge in [0.05, 0.1) is 0 Å². The number of nitrogens with two attached hydrogens (primary N) is 1. The quantitative estimate of drug-likeness (QED) is 0.341. The first-order chi connectivity index (χ1) is 8.60. The molecule has 0 aromatic carbocycles. The molecule has 102 valence electrons. The third kappa shape index (κ3) is 2.30. The smallest absolute Gasteiger partial charge is 0.236 e. The Hall–Kier alpha value is -0.910. The van der Waals surface area contributed by atoms with Gasteiger partial charge < -0.3 is 15.8 Å². The average Bonchev–Trinajstić information content (AvgIpc) is 2.61. The summed E-state index contributed by atoms with van der Waals surface area (Å²) in [5, 5.41) is 12.0. The molecule has 1 heterocycles. The second-order valence-electron chi connectivity index (χ2n) is 5.34. The summed E-state index contributed by atoms with van der Waals surface area (Å²) < 4.78 is 0. The van der Waals surface area contributed by atoms with Crippen LogP contribution in [-0.2, 0) is 4.79 Å². The Kier molecular flexibility index (Phi) is 4.04. The summed E-state index contributed by atoms with van der Waals surface area (Å²) in [5.41, 5.74) is 5.04. The van der Waals surface area contributed by atoms with Crippen molar-refractivity contribution in [2.45, 2.75) is 26.2 Å². The van der Waals surface area contributed by atoms with E-state index in [1.807, 2.05) is 16.7 Å². The SMILES string of the molecule is CC1CC(C(=O)N2CCCSCC2)(C(N)=NO)C1. The Morgan fingerprint density at radius 3 is 2.78 bits per heavy atom. The number of hydrogen-bond donors (Lipinski definition) is 2. The van der Waals surface area contributed by atoms with Crippen LogP contribution in [0.4, 0.5) is 0 Å². The number of oxime groups is 1.